The molecule has 0 heterocycles. The molecule has 0 amide bonds. The fraction of sp³-hybridized carbons (Fsp3) is 0.0833. The number of anilines is 1. The highest BCUT2D eigenvalue weighted by atomic mass is 16.1. The van der Waals surface area contributed by atoms with E-state index in [9.17, 15) is 4.79 Å². The van der Waals surface area contributed by atoms with Crippen molar-refractivity contribution in [1.29, 1.82) is 0 Å². The highest BCUT2D eigenvalue weighted by Gasteiger charge is 2.21. The third-order valence-corrected chi connectivity index (χ3v) is 2.81. The van der Waals surface area contributed by atoms with Crippen LogP contribution in [-0.4, -0.2) is 5.78 Å². The zero-order valence-electron chi connectivity index (χ0n) is 7.58. The Bertz CT molecular complexity index is 557. The molecule has 0 aliphatic heterocycles. The summed E-state index contributed by atoms with van der Waals surface area (Å²) in [5.74, 6) is 0.205. The molecule has 68 valence electrons. The molecule has 0 aromatic heterocycles. The van der Waals surface area contributed by atoms with Gasteiger partial charge in [0, 0.05) is 23.1 Å². The van der Waals surface area contributed by atoms with E-state index in [0.29, 0.717) is 6.42 Å². The molecule has 0 atom stereocenters. The van der Waals surface area contributed by atoms with Crippen LogP contribution < -0.4 is 5.73 Å². The Balaban J connectivity index is 2.58. The molecular weight excluding hydrogens is 174 g/mol. The van der Waals surface area contributed by atoms with Gasteiger partial charge >= 0.3 is 0 Å². The van der Waals surface area contributed by atoms with Crippen molar-refractivity contribution in [2.24, 2.45) is 0 Å². The lowest BCUT2D eigenvalue weighted by Crippen LogP contribution is -1.93. The van der Waals surface area contributed by atoms with Gasteiger partial charge in [-0.15, -0.1) is 0 Å². The molecule has 0 bridgehead atoms. The molecule has 2 N–H and O–H groups in total. The van der Waals surface area contributed by atoms with Crippen molar-refractivity contribution in [1.82, 2.24) is 0 Å². The lowest BCUT2D eigenvalue weighted by Gasteiger charge is -2.03. The van der Waals surface area contributed by atoms with Crippen molar-refractivity contribution in [2.75, 3.05) is 5.73 Å². The molecule has 2 nitrogen and oxygen atoms in total. The van der Waals surface area contributed by atoms with Crippen LogP contribution in [0.2, 0.25) is 0 Å². The Labute approximate surface area is 81.3 Å². The van der Waals surface area contributed by atoms with E-state index in [-0.39, 0.29) is 5.78 Å². The maximum absolute atomic E-state index is 11.6. The Morgan fingerprint density at radius 1 is 1.14 bits per heavy atom. The minimum Gasteiger partial charge on any atom is -0.398 e. The quantitative estimate of drug-likeness (QED) is 0.636. The second-order valence-corrected chi connectivity index (χ2v) is 3.64. The van der Waals surface area contributed by atoms with Crippen LogP contribution in [0.4, 0.5) is 5.69 Å². The van der Waals surface area contributed by atoms with Crippen LogP contribution in [0.15, 0.2) is 30.3 Å². The van der Waals surface area contributed by atoms with Crippen LogP contribution >= 0.6 is 0 Å². The molecule has 2 aromatic rings. The van der Waals surface area contributed by atoms with Gasteiger partial charge in [0.25, 0.3) is 0 Å². The molecule has 0 fully saturated rings. The average molecular weight is 183 g/mol. The second-order valence-electron chi connectivity index (χ2n) is 3.64. The van der Waals surface area contributed by atoms with Crippen molar-refractivity contribution in [3.8, 4) is 0 Å². The number of carbonyl (C=O) groups excluding carboxylic acids is 1. The van der Waals surface area contributed by atoms with Gasteiger partial charge in [0.05, 0.1) is 0 Å². The summed E-state index contributed by atoms with van der Waals surface area (Å²) in [6.07, 6.45) is 0.524. The minimum atomic E-state index is 0.205. The maximum atomic E-state index is 11.6. The van der Waals surface area contributed by atoms with Crippen molar-refractivity contribution in [2.45, 2.75) is 6.42 Å². The fourth-order valence-electron chi connectivity index (χ4n) is 2.15. The van der Waals surface area contributed by atoms with Gasteiger partial charge in [0.2, 0.25) is 0 Å². The molecule has 0 spiro atoms. The number of hydrogen-bond acceptors (Lipinski definition) is 2. The van der Waals surface area contributed by atoms with Crippen molar-refractivity contribution in [3.05, 3.63) is 41.5 Å². The number of benzene rings is 2. The van der Waals surface area contributed by atoms with E-state index in [2.05, 4.69) is 0 Å². The molecule has 0 saturated carbocycles. The summed E-state index contributed by atoms with van der Waals surface area (Å²) < 4.78 is 0. The first-order valence-electron chi connectivity index (χ1n) is 4.60. The van der Waals surface area contributed by atoms with Gasteiger partial charge in [-0.1, -0.05) is 24.3 Å². The smallest absolute Gasteiger partial charge is 0.167 e. The summed E-state index contributed by atoms with van der Waals surface area (Å²) in [4.78, 5) is 11.6. The first-order valence-corrected chi connectivity index (χ1v) is 4.60. The molecule has 1 aliphatic carbocycles. The topological polar surface area (TPSA) is 43.1 Å². The van der Waals surface area contributed by atoms with E-state index in [0.717, 1.165) is 27.6 Å². The minimum absolute atomic E-state index is 0.205. The summed E-state index contributed by atoms with van der Waals surface area (Å²) in [6.45, 7) is 0. The second kappa shape index (κ2) is 2.35. The van der Waals surface area contributed by atoms with Crippen LogP contribution in [0.5, 0.6) is 0 Å². The first-order chi connectivity index (χ1) is 6.77. The zero-order valence-corrected chi connectivity index (χ0v) is 7.58. The first kappa shape index (κ1) is 7.56. The van der Waals surface area contributed by atoms with Gasteiger partial charge in [-0.2, -0.15) is 0 Å². The van der Waals surface area contributed by atoms with Crippen LogP contribution in [0, 0.1) is 0 Å². The predicted molar refractivity (Wildman–Crippen MR) is 56.4 cm³/mol. The van der Waals surface area contributed by atoms with E-state index < -0.39 is 0 Å². The molecule has 14 heavy (non-hydrogen) atoms. The van der Waals surface area contributed by atoms with Gasteiger partial charge < -0.3 is 5.73 Å². The van der Waals surface area contributed by atoms with Gasteiger partial charge in [-0.25, -0.2) is 0 Å². The number of nitrogens with two attached hydrogens (primary N) is 1. The van der Waals surface area contributed by atoms with Crippen molar-refractivity contribution < 1.29 is 4.79 Å². The average Bonchev–Trinajstić information content (AvgIpc) is 2.52. The summed E-state index contributed by atoms with van der Waals surface area (Å²) in [7, 11) is 0. The number of rotatable bonds is 0. The van der Waals surface area contributed by atoms with Crippen LogP contribution in [-0.2, 0) is 6.42 Å². The van der Waals surface area contributed by atoms with Crippen LogP contribution in [0.3, 0.4) is 0 Å². The Morgan fingerprint density at radius 3 is 2.86 bits per heavy atom. The summed E-state index contributed by atoms with van der Waals surface area (Å²) in [5, 5.41) is 2.06. The number of hydrogen-bond donors (Lipinski definition) is 1. The van der Waals surface area contributed by atoms with Crippen LogP contribution in [0.25, 0.3) is 10.8 Å². The van der Waals surface area contributed by atoms with Gasteiger partial charge in [-0.05, 0) is 17.0 Å². The SMILES string of the molecule is Nc1ccc2c3c(cccc13)C(=O)C2. The summed E-state index contributed by atoms with van der Waals surface area (Å²) in [5.41, 5.74) is 8.54. The lowest BCUT2D eigenvalue weighted by atomic mass is 10.0. The number of carbonyl (C=O) groups is 1. The van der Waals surface area contributed by atoms with Crippen molar-refractivity contribution >= 4 is 22.2 Å². The normalized spacial score (nSPS) is 13.9. The van der Waals surface area contributed by atoms with E-state index in [1.54, 1.807) is 0 Å². The van der Waals surface area contributed by atoms with E-state index in [4.69, 9.17) is 5.73 Å². The maximum Gasteiger partial charge on any atom is 0.167 e. The molecule has 0 radical (unpaired) electrons. The van der Waals surface area contributed by atoms with Crippen LogP contribution in [0.1, 0.15) is 15.9 Å². The van der Waals surface area contributed by atoms with Gasteiger partial charge in [-0.3, -0.25) is 4.79 Å². The highest BCUT2D eigenvalue weighted by molar-refractivity contribution is 6.17. The summed E-state index contributed by atoms with van der Waals surface area (Å²) in [6, 6.07) is 9.56. The molecule has 0 unspecified atom stereocenters. The lowest BCUT2D eigenvalue weighted by molar-refractivity contribution is 0.1000. The van der Waals surface area contributed by atoms with Gasteiger partial charge in [0.15, 0.2) is 5.78 Å². The highest BCUT2D eigenvalue weighted by Crippen LogP contribution is 2.33. The Kier molecular flexibility index (Phi) is 1.27. The monoisotopic (exact) mass is 183 g/mol. The number of Topliss-reactive ketones (excluding diaryl/α,β-unsaturated/α-hetero) is 1. The molecule has 2 heteroatoms. The molecular formula is C12H9NO. The third-order valence-electron chi connectivity index (χ3n) is 2.81. The van der Waals surface area contributed by atoms with E-state index >= 15 is 0 Å². The predicted octanol–water partition coefficient (Wildman–Crippen LogP) is 2.16. The van der Waals surface area contributed by atoms with E-state index in [1.165, 1.54) is 0 Å². The number of nitrogen functional groups attached to an aromatic ring is 1. The largest absolute Gasteiger partial charge is 0.398 e. The third kappa shape index (κ3) is 0.777. The Hall–Kier alpha value is -1.83. The molecule has 2 aromatic carbocycles. The van der Waals surface area contributed by atoms with Gasteiger partial charge in [0.1, 0.15) is 0 Å². The summed E-state index contributed by atoms with van der Waals surface area (Å²) >= 11 is 0. The van der Waals surface area contributed by atoms with Crippen molar-refractivity contribution in [3.63, 3.8) is 0 Å². The fourth-order valence-corrected chi connectivity index (χ4v) is 2.15. The standard InChI is InChI=1S/C12H9NO/c13-10-5-4-7-6-11(14)9-3-1-2-8(10)12(7)9/h1-5H,6,13H2. The number of ketones is 1. The molecule has 0 saturated heterocycles. The molecule has 3 rings (SSSR count). The zero-order chi connectivity index (χ0) is 9.71. The van der Waals surface area contributed by atoms with E-state index in [1.807, 2.05) is 30.3 Å². The Morgan fingerprint density at radius 2 is 2.00 bits per heavy atom. The molecule has 1 aliphatic rings.